The molecule has 218 valence electrons. The quantitative estimate of drug-likeness (QED) is 0.113. The first-order valence-electron chi connectivity index (χ1n) is 12.4. The topological polar surface area (TPSA) is 173 Å². The molecule has 0 unspecified atom stereocenters. The van der Waals surface area contributed by atoms with E-state index in [1.54, 1.807) is 36.4 Å². The summed E-state index contributed by atoms with van der Waals surface area (Å²) in [6, 6.07) is 20.3. The van der Waals surface area contributed by atoms with Crippen molar-refractivity contribution < 1.29 is 35.0 Å². The lowest BCUT2D eigenvalue weighted by atomic mass is 10.0. The van der Waals surface area contributed by atoms with E-state index in [9.17, 15) is 37.1 Å². The van der Waals surface area contributed by atoms with Gasteiger partial charge < -0.3 is 8.37 Å². The van der Waals surface area contributed by atoms with Gasteiger partial charge in [0.25, 0.3) is 11.4 Å². The van der Waals surface area contributed by atoms with Gasteiger partial charge in [0.05, 0.1) is 9.85 Å². The van der Waals surface area contributed by atoms with Crippen molar-refractivity contribution in [3.8, 4) is 11.5 Å². The van der Waals surface area contributed by atoms with Crippen molar-refractivity contribution in [3.63, 3.8) is 0 Å². The molecule has 4 aromatic rings. The molecule has 4 rings (SSSR count). The van der Waals surface area contributed by atoms with Gasteiger partial charge in [-0.15, -0.1) is 0 Å². The number of aryl methyl sites for hydroxylation is 3. The molecule has 0 aliphatic carbocycles. The molecule has 0 N–H and O–H groups in total. The van der Waals surface area contributed by atoms with Crippen molar-refractivity contribution in [3.05, 3.63) is 128 Å². The fraction of sp³-hybridized carbons (Fsp3) is 0.143. The van der Waals surface area contributed by atoms with Crippen LogP contribution < -0.4 is 8.37 Å². The van der Waals surface area contributed by atoms with Crippen molar-refractivity contribution in [1.29, 1.82) is 0 Å². The maximum Gasteiger partial charge on any atom is 0.339 e. The monoisotopic (exact) mass is 612 g/mol. The summed E-state index contributed by atoms with van der Waals surface area (Å²) in [5.74, 6) is 0.199. The van der Waals surface area contributed by atoms with Gasteiger partial charge in [-0.2, -0.15) is 16.8 Å². The lowest BCUT2D eigenvalue weighted by Crippen LogP contribution is -2.11. The largest absolute Gasteiger partial charge is 0.379 e. The molecule has 0 spiro atoms. The third-order valence-electron chi connectivity index (χ3n) is 6.10. The minimum atomic E-state index is -4.25. The van der Waals surface area contributed by atoms with Gasteiger partial charge >= 0.3 is 20.2 Å². The summed E-state index contributed by atoms with van der Waals surface area (Å²) in [7, 11) is -8.47. The second-order valence-corrected chi connectivity index (χ2v) is 12.3. The minimum Gasteiger partial charge on any atom is -0.379 e. The van der Waals surface area contributed by atoms with E-state index in [1.165, 1.54) is 6.07 Å². The van der Waals surface area contributed by atoms with Crippen LogP contribution in [0.3, 0.4) is 0 Å². The predicted molar refractivity (Wildman–Crippen MR) is 151 cm³/mol. The number of hydrogen-bond acceptors (Lipinski definition) is 10. The summed E-state index contributed by atoms with van der Waals surface area (Å²) < 4.78 is 61.6. The van der Waals surface area contributed by atoms with Crippen LogP contribution in [0, 0.1) is 27.2 Å². The second-order valence-electron chi connectivity index (χ2n) is 9.19. The molecule has 0 aliphatic heterocycles. The first-order valence-corrected chi connectivity index (χ1v) is 15.2. The Balaban J connectivity index is 1.43. The molecule has 42 heavy (non-hydrogen) atoms. The molecule has 0 radical (unpaired) electrons. The summed E-state index contributed by atoms with van der Waals surface area (Å²) >= 11 is 0. The number of benzene rings is 4. The van der Waals surface area contributed by atoms with Crippen LogP contribution in [-0.2, 0) is 33.1 Å². The molecule has 0 saturated carbocycles. The lowest BCUT2D eigenvalue weighted by Gasteiger charge is -2.13. The normalized spacial score (nSPS) is 11.5. The zero-order valence-electron chi connectivity index (χ0n) is 22.1. The first-order chi connectivity index (χ1) is 19.8. The third-order valence-corrected chi connectivity index (χ3v) is 8.61. The summed E-state index contributed by atoms with van der Waals surface area (Å²) in [6.45, 7) is 1.85. The van der Waals surface area contributed by atoms with E-state index in [4.69, 9.17) is 8.37 Å². The second kappa shape index (κ2) is 12.4. The van der Waals surface area contributed by atoms with Crippen LogP contribution in [0.2, 0.25) is 0 Å². The SMILES string of the molecule is Cc1ccc(OS(=O)(=O)c2ccc([N+](=O)[O-])cc2)c(CCCc2cccc(OS(=O)(=O)c3ccc([N+](=O)[O-])cc3)c2)c1. The first kappa shape index (κ1) is 30.1. The van der Waals surface area contributed by atoms with E-state index in [0.717, 1.165) is 59.7 Å². The smallest absolute Gasteiger partial charge is 0.339 e. The van der Waals surface area contributed by atoms with Crippen LogP contribution in [0.5, 0.6) is 11.5 Å². The fourth-order valence-electron chi connectivity index (χ4n) is 4.03. The minimum absolute atomic E-state index is 0.0691. The highest BCUT2D eigenvalue weighted by molar-refractivity contribution is 7.87. The maximum absolute atomic E-state index is 12.8. The van der Waals surface area contributed by atoms with E-state index < -0.39 is 30.1 Å². The number of non-ortho nitro benzene ring substituents is 2. The van der Waals surface area contributed by atoms with Crippen molar-refractivity contribution in [2.45, 2.75) is 36.0 Å². The third kappa shape index (κ3) is 7.47. The Hall–Kier alpha value is -4.82. The number of hydrogen-bond donors (Lipinski definition) is 0. The Morgan fingerprint density at radius 1 is 0.667 bits per heavy atom. The van der Waals surface area contributed by atoms with Gasteiger partial charge in [-0.05, 0) is 79.8 Å². The number of nitrogens with zero attached hydrogens (tertiary/aromatic N) is 2. The zero-order valence-corrected chi connectivity index (χ0v) is 23.7. The van der Waals surface area contributed by atoms with E-state index in [2.05, 4.69) is 0 Å². The molecule has 12 nitrogen and oxygen atoms in total. The Kier molecular flexibility index (Phi) is 8.87. The highest BCUT2D eigenvalue weighted by atomic mass is 32.2. The van der Waals surface area contributed by atoms with Crippen LogP contribution in [0.4, 0.5) is 11.4 Å². The molecule has 0 aliphatic rings. The number of rotatable bonds is 12. The van der Waals surface area contributed by atoms with Gasteiger partial charge in [0, 0.05) is 24.3 Å². The highest BCUT2D eigenvalue weighted by Crippen LogP contribution is 2.28. The van der Waals surface area contributed by atoms with Crippen LogP contribution in [0.1, 0.15) is 23.1 Å². The number of nitro benzene ring substituents is 2. The molecule has 0 heterocycles. The molecule has 0 fully saturated rings. The Labute approximate surface area is 241 Å². The molecular formula is C28H24N2O10S2. The molecule has 0 bridgehead atoms. The molecule has 0 aromatic heterocycles. The average Bonchev–Trinajstić information content (AvgIpc) is 2.94. The molecular weight excluding hydrogens is 588 g/mol. The van der Waals surface area contributed by atoms with Crippen LogP contribution >= 0.6 is 0 Å². The average molecular weight is 613 g/mol. The van der Waals surface area contributed by atoms with E-state index >= 15 is 0 Å². The maximum atomic E-state index is 12.8. The molecule has 0 saturated heterocycles. The Morgan fingerprint density at radius 3 is 1.76 bits per heavy atom. The van der Waals surface area contributed by atoms with Gasteiger partial charge in [-0.3, -0.25) is 20.2 Å². The lowest BCUT2D eigenvalue weighted by molar-refractivity contribution is -0.385. The predicted octanol–water partition coefficient (Wildman–Crippen LogP) is 5.52. The van der Waals surface area contributed by atoms with Gasteiger partial charge in [0.15, 0.2) is 0 Å². The van der Waals surface area contributed by atoms with E-state index in [0.29, 0.717) is 24.8 Å². The summed E-state index contributed by atoms with van der Waals surface area (Å²) in [5, 5.41) is 21.7. The van der Waals surface area contributed by atoms with Gasteiger partial charge in [-0.25, -0.2) is 0 Å². The Morgan fingerprint density at radius 2 is 1.21 bits per heavy atom. The molecule has 14 heteroatoms. The van der Waals surface area contributed by atoms with Crippen LogP contribution in [0.15, 0.2) is 101 Å². The summed E-state index contributed by atoms with van der Waals surface area (Å²) in [5.41, 5.74) is 1.79. The van der Waals surface area contributed by atoms with Crippen LogP contribution in [-0.4, -0.2) is 26.7 Å². The molecule has 0 amide bonds. The molecule has 0 atom stereocenters. The molecule has 4 aromatic carbocycles. The highest BCUT2D eigenvalue weighted by Gasteiger charge is 2.21. The van der Waals surface area contributed by atoms with E-state index in [-0.39, 0.29) is 32.7 Å². The standard InChI is InChI=1S/C28H24N2O10S2/c1-20-8-17-28(40-42(37,38)27-15-11-24(12-16-27)30(33)34)22(18-20)6-2-4-21-5-3-7-25(19-21)39-41(35,36)26-13-9-23(10-14-26)29(31)32/h3,5,7-19H,2,4,6H2,1H3. The zero-order chi connectivity index (χ0) is 30.5. The van der Waals surface area contributed by atoms with Crippen molar-refractivity contribution in [2.75, 3.05) is 0 Å². The van der Waals surface area contributed by atoms with Gasteiger partial charge in [-0.1, -0.05) is 29.8 Å². The Bertz CT molecular complexity index is 1840. The fourth-order valence-corrected chi connectivity index (χ4v) is 5.92. The van der Waals surface area contributed by atoms with Gasteiger partial charge in [0.1, 0.15) is 21.3 Å². The van der Waals surface area contributed by atoms with E-state index in [1.807, 2.05) is 6.92 Å². The van der Waals surface area contributed by atoms with Crippen molar-refractivity contribution in [2.24, 2.45) is 0 Å². The summed E-state index contributed by atoms with van der Waals surface area (Å²) in [4.78, 5) is 20.0. The van der Waals surface area contributed by atoms with Crippen molar-refractivity contribution >= 4 is 31.6 Å². The van der Waals surface area contributed by atoms with Crippen molar-refractivity contribution in [1.82, 2.24) is 0 Å². The van der Waals surface area contributed by atoms with Gasteiger partial charge in [0.2, 0.25) is 0 Å². The number of nitro groups is 2. The summed E-state index contributed by atoms with van der Waals surface area (Å²) in [6.07, 6.45) is 1.48. The van der Waals surface area contributed by atoms with Crippen LogP contribution in [0.25, 0.3) is 0 Å².